The lowest BCUT2D eigenvalue weighted by atomic mass is 10.3. The minimum atomic E-state index is -0.354. The van der Waals surface area contributed by atoms with E-state index < -0.39 is 0 Å². The third-order valence-electron chi connectivity index (χ3n) is 2.22. The zero-order valence-corrected chi connectivity index (χ0v) is 11.4. The molecule has 0 fully saturated rings. The highest BCUT2D eigenvalue weighted by molar-refractivity contribution is 9.10. The fraction of sp³-hybridized carbons (Fsp3) is 0.333. The molecule has 0 saturated carbocycles. The number of benzene rings is 1. The van der Waals surface area contributed by atoms with Gasteiger partial charge in [-0.1, -0.05) is 12.1 Å². The van der Waals surface area contributed by atoms with Crippen LogP contribution in [0, 0.1) is 5.82 Å². The fourth-order valence-corrected chi connectivity index (χ4v) is 1.76. The fourth-order valence-electron chi connectivity index (χ4n) is 1.39. The Morgan fingerprint density at radius 3 is 3.06 bits per heavy atom. The third-order valence-corrected chi connectivity index (χ3v) is 2.88. The van der Waals surface area contributed by atoms with Gasteiger partial charge in [-0.3, -0.25) is 0 Å². The van der Waals surface area contributed by atoms with Gasteiger partial charge in [-0.15, -0.1) is 0 Å². The number of aryl methyl sites for hydroxylation is 1. The molecular weight excluding hydrogens is 303 g/mol. The molecule has 18 heavy (non-hydrogen) atoms. The second-order valence-electron chi connectivity index (χ2n) is 3.72. The van der Waals surface area contributed by atoms with Gasteiger partial charge in [0.25, 0.3) is 0 Å². The summed E-state index contributed by atoms with van der Waals surface area (Å²) in [6, 6.07) is 4.24. The molecule has 0 aliphatic heterocycles. The van der Waals surface area contributed by atoms with Crippen molar-refractivity contribution in [2.75, 3.05) is 0 Å². The molecule has 96 valence electrons. The van der Waals surface area contributed by atoms with Gasteiger partial charge in [0.1, 0.15) is 11.6 Å². The molecule has 0 aliphatic carbocycles. The number of rotatable bonds is 5. The molecule has 1 aromatic heterocycles. The Morgan fingerprint density at radius 1 is 1.44 bits per heavy atom. The second-order valence-corrected chi connectivity index (χ2v) is 4.57. The number of hydrogen-bond donors (Lipinski definition) is 0. The van der Waals surface area contributed by atoms with E-state index in [0.717, 1.165) is 12.8 Å². The average molecular weight is 315 g/mol. The summed E-state index contributed by atoms with van der Waals surface area (Å²) >= 11 is 3.28. The lowest BCUT2D eigenvalue weighted by Gasteiger charge is -2.05. The van der Waals surface area contributed by atoms with Crippen molar-refractivity contribution in [3.8, 4) is 5.75 Å². The normalized spacial score (nSPS) is 10.6. The van der Waals surface area contributed by atoms with E-state index in [-0.39, 0.29) is 12.4 Å². The van der Waals surface area contributed by atoms with Crippen molar-refractivity contribution in [3.05, 3.63) is 40.2 Å². The first-order valence-electron chi connectivity index (χ1n) is 5.58. The molecule has 6 heteroatoms. The highest BCUT2D eigenvalue weighted by Gasteiger charge is 2.08. The largest absolute Gasteiger partial charge is 0.484 e. The van der Waals surface area contributed by atoms with Crippen molar-refractivity contribution in [2.45, 2.75) is 26.4 Å². The van der Waals surface area contributed by atoms with Crippen LogP contribution in [0.4, 0.5) is 4.39 Å². The molecule has 0 aliphatic rings. The quantitative estimate of drug-likeness (QED) is 0.847. The van der Waals surface area contributed by atoms with E-state index in [0.29, 0.717) is 21.9 Å². The third kappa shape index (κ3) is 3.29. The predicted molar refractivity (Wildman–Crippen MR) is 66.7 cm³/mol. The molecule has 2 rings (SSSR count). The van der Waals surface area contributed by atoms with Crippen LogP contribution in [0.3, 0.4) is 0 Å². The molecule has 0 radical (unpaired) electrons. The summed E-state index contributed by atoms with van der Waals surface area (Å²) in [5.41, 5.74) is 0. The summed E-state index contributed by atoms with van der Waals surface area (Å²) < 4.78 is 24.2. The van der Waals surface area contributed by atoms with Crippen LogP contribution < -0.4 is 4.74 Å². The summed E-state index contributed by atoms with van der Waals surface area (Å²) in [7, 11) is 0. The van der Waals surface area contributed by atoms with E-state index >= 15 is 0 Å². The molecule has 1 aromatic carbocycles. The van der Waals surface area contributed by atoms with E-state index in [1.807, 2.05) is 6.92 Å². The van der Waals surface area contributed by atoms with E-state index in [2.05, 4.69) is 26.1 Å². The van der Waals surface area contributed by atoms with Gasteiger partial charge in [0, 0.05) is 12.5 Å². The van der Waals surface area contributed by atoms with Crippen molar-refractivity contribution < 1.29 is 13.7 Å². The molecule has 0 saturated heterocycles. The molecule has 4 nitrogen and oxygen atoms in total. The van der Waals surface area contributed by atoms with Crippen molar-refractivity contribution in [3.63, 3.8) is 0 Å². The topological polar surface area (TPSA) is 48.2 Å². The van der Waals surface area contributed by atoms with Crippen LogP contribution in [0.1, 0.15) is 25.1 Å². The zero-order valence-electron chi connectivity index (χ0n) is 9.82. The van der Waals surface area contributed by atoms with Crippen molar-refractivity contribution >= 4 is 15.9 Å². The second kappa shape index (κ2) is 5.95. The number of ether oxygens (including phenoxy) is 1. The lowest BCUT2D eigenvalue weighted by Crippen LogP contribution is -1.98. The molecule has 0 unspecified atom stereocenters. The Kier molecular flexibility index (Phi) is 4.30. The van der Waals surface area contributed by atoms with Gasteiger partial charge in [0.2, 0.25) is 11.7 Å². The van der Waals surface area contributed by atoms with Crippen molar-refractivity contribution in [2.24, 2.45) is 0 Å². The van der Waals surface area contributed by atoms with E-state index in [4.69, 9.17) is 9.26 Å². The number of nitrogens with zero attached hydrogens (tertiary/aromatic N) is 2. The molecule has 0 N–H and O–H groups in total. The number of hydrogen-bond acceptors (Lipinski definition) is 4. The van der Waals surface area contributed by atoms with Gasteiger partial charge in [0.05, 0.1) is 4.47 Å². The van der Waals surface area contributed by atoms with Crippen molar-refractivity contribution in [1.82, 2.24) is 10.1 Å². The predicted octanol–water partition coefficient (Wildman–Crippen LogP) is 3.50. The van der Waals surface area contributed by atoms with Crippen LogP contribution in [0.15, 0.2) is 27.2 Å². The Morgan fingerprint density at radius 2 is 2.28 bits per heavy atom. The number of aromatic nitrogens is 2. The van der Waals surface area contributed by atoms with Gasteiger partial charge in [-0.05, 0) is 34.5 Å². The van der Waals surface area contributed by atoms with Crippen LogP contribution >= 0.6 is 15.9 Å². The minimum absolute atomic E-state index is 0.148. The first-order chi connectivity index (χ1) is 8.69. The summed E-state index contributed by atoms with van der Waals surface area (Å²) in [5.74, 6) is 1.11. The van der Waals surface area contributed by atoms with Crippen LogP contribution in [0.25, 0.3) is 0 Å². The van der Waals surface area contributed by atoms with Crippen LogP contribution in [0.5, 0.6) is 5.75 Å². The Hall–Kier alpha value is -1.43. The maximum absolute atomic E-state index is 13.0. The van der Waals surface area contributed by atoms with Gasteiger partial charge < -0.3 is 9.26 Å². The molecule has 1 heterocycles. The van der Waals surface area contributed by atoms with Gasteiger partial charge in [0.15, 0.2) is 6.61 Å². The Bertz CT molecular complexity index is 531. The van der Waals surface area contributed by atoms with E-state index in [1.165, 1.54) is 12.1 Å². The first-order valence-corrected chi connectivity index (χ1v) is 6.37. The lowest BCUT2D eigenvalue weighted by molar-refractivity contribution is 0.282. The molecule has 0 spiro atoms. The van der Waals surface area contributed by atoms with E-state index in [1.54, 1.807) is 6.07 Å². The maximum Gasteiger partial charge on any atom is 0.226 e. The van der Waals surface area contributed by atoms with Crippen LogP contribution in [-0.2, 0) is 13.0 Å². The van der Waals surface area contributed by atoms with Gasteiger partial charge >= 0.3 is 0 Å². The summed E-state index contributed by atoms with van der Waals surface area (Å²) in [5, 5.41) is 3.78. The summed E-state index contributed by atoms with van der Waals surface area (Å²) in [4.78, 5) is 4.16. The van der Waals surface area contributed by atoms with Gasteiger partial charge in [-0.25, -0.2) is 4.39 Å². The molecule has 0 atom stereocenters. The Labute approximate surface area is 112 Å². The SMILES string of the molecule is CCCc1nc(COc2cc(F)ccc2Br)no1. The summed E-state index contributed by atoms with van der Waals surface area (Å²) in [6.45, 7) is 2.18. The highest BCUT2D eigenvalue weighted by Crippen LogP contribution is 2.26. The highest BCUT2D eigenvalue weighted by atomic mass is 79.9. The smallest absolute Gasteiger partial charge is 0.226 e. The van der Waals surface area contributed by atoms with E-state index in [9.17, 15) is 4.39 Å². The average Bonchev–Trinajstić information content (AvgIpc) is 2.79. The van der Waals surface area contributed by atoms with Crippen LogP contribution in [0.2, 0.25) is 0 Å². The minimum Gasteiger partial charge on any atom is -0.484 e. The number of halogens is 2. The zero-order chi connectivity index (χ0) is 13.0. The standard InChI is InChI=1S/C12H12BrFN2O2/c1-2-3-12-15-11(16-18-12)7-17-10-6-8(14)4-5-9(10)13/h4-6H,2-3,7H2,1H3. The first kappa shape index (κ1) is 13.0. The monoisotopic (exact) mass is 314 g/mol. The maximum atomic E-state index is 13.0. The van der Waals surface area contributed by atoms with Gasteiger partial charge in [-0.2, -0.15) is 4.98 Å². The summed E-state index contributed by atoms with van der Waals surface area (Å²) in [6.07, 6.45) is 1.69. The molecule has 0 bridgehead atoms. The van der Waals surface area contributed by atoms with Crippen LogP contribution in [-0.4, -0.2) is 10.1 Å². The molecule has 2 aromatic rings. The van der Waals surface area contributed by atoms with Crippen molar-refractivity contribution in [1.29, 1.82) is 0 Å². The molecular formula is C12H12BrFN2O2. The Balaban J connectivity index is 1.99. The molecule has 0 amide bonds.